The number of nitrogens with zero attached hydrogens (tertiary/aromatic N) is 2. The number of benzene rings is 3. The van der Waals surface area contributed by atoms with Crippen molar-refractivity contribution >= 4 is 34.8 Å². The van der Waals surface area contributed by atoms with Crippen LogP contribution in [0.3, 0.4) is 0 Å². The van der Waals surface area contributed by atoms with Crippen molar-refractivity contribution in [3.8, 4) is 5.75 Å². The number of aromatic hydroxyl groups is 1. The Labute approximate surface area is 204 Å². The van der Waals surface area contributed by atoms with E-state index >= 15 is 0 Å². The molecule has 1 aliphatic rings. The third-order valence-electron chi connectivity index (χ3n) is 5.64. The second-order valence-electron chi connectivity index (χ2n) is 7.84. The Morgan fingerprint density at radius 2 is 1.69 bits per heavy atom. The van der Waals surface area contributed by atoms with Crippen LogP contribution in [0.2, 0.25) is 0 Å². The van der Waals surface area contributed by atoms with Crippen LogP contribution in [0.4, 0.5) is 11.4 Å². The lowest BCUT2D eigenvalue weighted by molar-refractivity contribution is -0.384. The van der Waals surface area contributed by atoms with Crippen molar-refractivity contribution in [2.75, 3.05) is 11.5 Å². The number of hydrogen-bond donors (Lipinski definition) is 2. The summed E-state index contributed by atoms with van der Waals surface area (Å²) in [7, 11) is 0. The van der Waals surface area contributed by atoms with E-state index in [9.17, 15) is 34.7 Å². The Morgan fingerprint density at radius 1 is 1.03 bits per heavy atom. The molecule has 3 aromatic rings. The van der Waals surface area contributed by atoms with Gasteiger partial charge in [-0.3, -0.25) is 24.6 Å². The van der Waals surface area contributed by atoms with Crippen LogP contribution < -0.4 is 4.90 Å². The molecule has 1 atom stereocenters. The summed E-state index contributed by atoms with van der Waals surface area (Å²) in [4.78, 5) is 50.2. The number of rotatable bonds is 6. The first kappa shape index (κ1) is 24.1. The zero-order chi connectivity index (χ0) is 26.0. The van der Waals surface area contributed by atoms with E-state index in [1.54, 1.807) is 6.92 Å². The second-order valence-corrected chi connectivity index (χ2v) is 7.84. The van der Waals surface area contributed by atoms with Gasteiger partial charge in [0.2, 0.25) is 0 Å². The molecular weight excluding hydrogens is 468 g/mol. The largest absolute Gasteiger partial charge is 0.508 e. The molecule has 10 heteroatoms. The lowest BCUT2D eigenvalue weighted by atomic mass is 9.95. The first-order valence-electron chi connectivity index (χ1n) is 10.8. The minimum absolute atomic E-state index is 0.0459. The number of nitro groups is 1. The summed E-state index contributed by atoms with van der Waals surface area (Å²) in [6.45, 7) is 1.81. The van der Waals surface area contributed by atoms with Gasteiger partial charge in [0.1, 0.15) is 11.5 Å². The number of phenols is 1. The van der Waals surface area contributed by atoms with Crippen molar-refractivity contribution in [2.24, 2.45) is 0 Å². The normalized spacial score (nSPS) is 16.7. The first-order valence-corrected chi connectivity index (χ1v) is 10.8. The molecule has 10 nitrogen and oxygen atoms in total. The summed E-state index contributed by atoms with van der Waals surface area (Å²) in [6, 6.07) is 15.5. The zero-order valence-electron chi connectivity index (χ0n) is 19.0. The lowest BCUT2D eigenvalue weighted by Gasteiger charge is -2.25. The minimum atomic E-state index is -1.11. The fourth-order valence-corrected chi connectivity index (χ4v) is 3.96. The molecule has 0 aliphatic carbocycles. The Bertz CT molecular complexity index is 1390. The van der Waals surface area contributed by atoms with Gasteiger partial charge in [-0.1, -0.05) is 18.2 Å². The van der Waals surface area contributed by atoms with Crippen LogP contribution in [0.15, 0.2) is 78.4 Å². The van der Waals surface area contributed by atoms with Crippen LogP contribution in [-0.2, 0) is 14.3 Å². The molecule has 3 aromatic carbocycles. The maximum Gasteiger partial charge on any atom is 0.338 e. The van der Waals surface area contributed by atoms with Crippen LogP contribution in [-0.4, -0.2) is 39.4 Å². The van der Waals surface area contributed by atoms with Gasteiger partial charge in [-0.2, -0.15) is 0 Å². The van der Waals surface area contributed by atoms with Gasteiger partial charge < -0.3 is 14.9 Å². The third kappa shape index (κ3) is 4.39. The van der Waals surface area contributed by atoms with Gasteiger partial charge in [-0.25, -0.2) is 4.79 Å². The number of esters is 1. The van der Waals surface area contributed by atoms with Gasteiger partial charge in [0.25, 0.3) is 17.4 Å². The van der Waals surface area contributed by atoms with Crippen molar-refractivity contribution in [1.82, 2.24) is 0 Å². The van der Waals surface area contributed by atoms with Crippen LogP contribution in [0.5, 0.6) is 5.75 Å². The van der Waals surface area contributed by atoms with E-state index in [2.05, 4.69) is 0 Å². The monoisotopic (exact) mass is 488 g/mol. The van der Waals surface area contributed by atoms with Crippen LogP contribution >= 0.6 is 0 Å². The van der Waals surface area contributed by atoms with Crippen molar-refractivity contribution < 1.29 is 34.3 Å². The number of ether oxygens (including phenoxy) is 1. The molecule has 182 valence electrons. The maximum atomic E-state index is 13.2. The van der Waals surface area contributed by atoms with Gasteiger partial charge in [0.15, 0.2) is 0 Å². The highest BCUT2D eigenvalue weighted by molar-refractivity contribution is 6.51. The van der Waals surface area contributed by atoms with Crippen molar-refractivity contribution in [3.05, 3.63) is 105 Å². The molecule has 2 N–H and O–H groups in total. The van der Waals surface area contributed by atoms with Gasteiger partial charge in [0, 0.05) is 23.4 Å². The smallest absolute Gasteiger partial charge is 0.338 e. The molecule has 1 fully saturated rings. The zero-order valence-corrected chi connectivity index (χ0v) is 19.0. The van der Waals surface area contributed by atoms with Gasteiger partial charge in [-0.05, 0) is 55.0 Å². The van der Waals surface area contributed by atoms with Crippen molar-refractivity contribution in [1.29, 1.82) is 0 Å². The molecule has 4 rings (SSSR count). The number of ketones is 1. The summed E-state index contributed by atoms with van der Waals surface area (Å²) in [5.41, 5.74) is 0.415. The Hall–Kier alpha value is -4.99. The molecule has 1 unspecified atom stereocenters. The number of Topliss-reactive ketones (excluding diaryl/α,β-unsaturated/α-hetero) is 1. The highest BCUT2D eigenvalue weighted by Gasteiger charge is 2.47. The topological polar surface area (TPSA) is 147 Å². The number of amides is 1. The summed E-state index contributed by atoms with van der Waals surface area (Å²) in [5.74, 6) is -3.10. The first-order chi connectivity index (χ1) is 17.2. The van der Waals surface area contributed by atoms with E-state index in [4.69, 9.17) is 4.74 Å². The maximum absolute atomic E-state index is 13.2. The van der Waals surface area contributed by atoms with Gasteiger partial charge >= 0.3 is 5.97 Å². The SMILES string of the molecule is CCOC(=O)c1cccc(N2C(=O)C(=O)/C(=C(/O)c3ccc([N+](=O)[O-])cc3)C2c2ccc(O)cc2)c1. The highest BCUT2D eigenvalue weighted by Crippen LogP contribution is 2.42. The standard InChI is InChI=1S/C26H20N2O8/c1-2-36-26(33)17-4-3-5-19(14-17)27-22(15-8-12-20(29)13-9-15)21(24(31)25(27)32)23(30)16-6-10-18(11-7-16)28(34)35/h3-14,22,29-30H,2H2,1H3/b23-21+. The summed E-state index contributed by atoms with van der Waals surface area (Å²) in [6.07, 6.45) is 0. The molecule has 0 spiro atoms. The van der Waals surface area contributed by atoms with E-state index < -0.39 is 34.4 Å². The van der Waals surface area contributed by atoms with Crippen LogP contribution in [0.1, 0.15) is 34.5 Å². The lowest BCUT2D eigenvalue weighted by Crippen LogP contribution is -2.29. The molecule has 1 amide bonds. The second kappa shape index (κ2) is 9.71. The Kier molecular flexibility index (Phi) is 6.51. The molecule has 1 aliphatic heterocycles. The number of nitro benzene ring substituents is 1. The third-order valence-corrected chi connectivity index (χ3v) is 5.64. The van der Waals surface area contributed by atoms with Crippen molar-refractivity contribution in [2.45, 2.75) is 13.0 Å². The number of non-ortho nitro benzene ring substituents is 1. The summed E-state index contributed by atoms with van der Waals surface area (Å²) >= 11 is 0. The molecule has 0 saturated carbocycles. The fourth-order valence-electron chi connectivity index (χ4n) is 3.96. The summed E-state index contributed by atoms with van der Waals surface area (Å²) in [5, 5.41) is 31.8. The molecule has 1 saturated heterocycles. The van der Waals surface area contributed by atoms with Crippen molar-refractivity contribution in [3.63, 3.8) is 0 Å². The average molecular weight is 488 g/mol. The average Bonchev–Trinajstić information content (AvgIpc) is 3.14. The quantitative estimate of drug-likeness (QED) is 0.132. The fraction of sp³-hybridized carbons (Fsp3) is 0.115. The number of aliphatic hydroxyl groups excluding tert-OH is 1. The van der Waals surface area contributed by atoms with E-state index in [0.29, 0.717) is 5.56 Å². The van der Waals surface area contributed by atoms with Crippen LogP contribution in [0, 0.1) is 10.1 Å². The minimum Gasteiger partial charge on any atom is -0.508 e. The van der Waals surface area contributed by atoms with Crippen LogP contribution in [0.25, 0.3) is 5.76 Å². The molecular formula is C26H20N2O8. The number of phenolic OH excluding ortho intramolecular Hbond substituents is 1. The number of carbonyl (C=O) groups is 3. The molecule has 0 aromatic heterocycles. The van der Waals surface area contributed by atoms with E-state index in [0.717, 1.165) is 4.90 Å². The number of hydrogen-bond acceptors (Lipinski definition) is 8. The van der Waals surface area contributed by atoms with E-state index in [1.807, 2.05) is 0 Å². The Morgan fingerprint density at radius 3 is 2.31 bits per heavy atom. The Balaban J connectivity index is 1.89. The number of anilines is 1. The number of carbonyl (C=O) groups excluding carboxylic acids is 3. The van der Waals surface area contributed by atoms with E-state index in [1.165, 1.54) is 72.8 Å². The molecule has 0 radical (unpaired) electrons. The molecule has 0 bridgehead atoms. The predicted octanol–water partition coefficient (Wildman–Crippen LogP) is 4.10. The molecule has 36 heavy (non-hydrogen) atoms. The van der Waals surface area contributed by atoms with Gasteiger partial charge in [-0.15, -0.1) is 0 Å². The van der Waals surface area contributed by atoms with Gasteiger partial charge in [0.05, 0.1) is 28.7 Å². The predicted molar refractivity (Wildman–Crippen MR) is 128 cm³/mol. The summed E-state index contributed by atoms with van der Waals surface area (Å²) < 4.78 is 5.03. The highest BCUT2D eigenvalue weighted by atomic mass is 16.6. The van der Waals surface area contributed by atoms with E-state index in [-0.39, 0.29) is 40.4 Å². The molecule has 1 heterocycles. The number of aliphatic hydroxyl groups is 1.